The first-order chi connectivity index (χ1) is 4.95. The maximum absolute atomic E-state index is 10.5. The topological polar surface area (TPSA) is 92.4 Å². The van der Waals surface area contributed by atoms with Gasteiger partial charge in [0.1, 0.15) is 6.04 Å². The zero-order chi connectivity index (χ0) is 9.02. The Morgan fingerprint density at radius 2 is 2.00 bits per heavy atom. The van der Waals surface area contributed by atoms with Crippen LogP contribution < -0.4 is 11.1 Å². The third kappa shape index (κ3) is 3.57. The number of primary amides is 1. The van der Waals surface area contributed by atoms with Gasteiger partial charge in [-0.1, -0.05) is 0 Å². The zero-order valence-corrected chi connectivity index (χ0v) is 6.50. The second-order valence-corrected chi connectivity index (χ2v) is 2.32. The Morgan fingerprint density at radius 1 is 1.55 bits per heavy atom. The number of nitrogens with two attached hydrogens (primary N) is 1. The number of nitrogens with one attached hydrogen (secondary N) is 1. The van der Waals surface area contributed by atoms with Gasteiger partial charge in [-0.15, -0.1) is 0 Å². The molecule has 0 aromatic rings. The molecule has 0 spiro atoms. The van der Waals surface area contributed by atoms with Crippen molar-refractivity contribution in [1.82, 2.24) is 5.32 Å². The summed E-state index contributed by atoms with van der Waals surface area (Å²) in [7, 11) is 0. The van der Waals surface area contributed by atoms with Crippen LogP contribution in [0.4, 0.5) is 0 Å². The molecule has 64 valence electrons. The van der Waals surface area contributed by atoms with E-state index >= 15 is 0 Å². The molecule has 0 aliphatic heterocycles. The molecule has 2 unspecified atom stereocenters. The van der Waals surface area contributed by atoms with Crippen LogP contribution in [0.15, 0.2) is 0 Å². The molecule has 0 bridgehead atoms. The maximum Gasteiger partial charge on any atom is 0.242 e. The molecule has 0 aromatic carbocycles. The van der Waals surface area contributed by atoms with E-state index in [1.165, 1.54) is 13.8 Å². The van der Waals surface area contributed by atoms with Crippen molar-refractivity contribution >= 4 is 11.8 Å². The van der Waals surface area contributed by atoms with Crippen molar-refractivity contribution in [1.29, 1.82) is 0 Å². The van der Waals surface area contributed by atoms with E-state index < -0.39 is 24.0 Å². The van der Waals surface area contributed by atoms with Crippen LogP contribution in [0.3, 0.4) is 0 Å². The van der Waals surface area contributed by atoms with E-state index in [-0.39, 0.29) is 0 Å². The fourth-order valence-electron chi connectivity index (χ4n) is 0.648. The molecule has 2 atom stereocenters. The second kappa shape index (κ2) is 3.92. The van der Waals surface area contributed by atoms with Crippen LogP contribution in [0.5, 0.6) is 0 Å². The van der Waals surface area contributed by atoms with E-state index in [0.717, 1.165) is 0 Å². The minimum atomic E-state index is -0.993. The van der Waals surface area contributed by atoms with Crippen molar-refractivity contribution in [2.45, 2.75) is 26.0 Å². The van der Waals surface area contributed by atoms with Crippen LogP contribution in [0.1, 0.15) is 13.8 Å². The van der Waals surface area contributed by atoms with Gasteiger partial charge < -0.3 is 16.2 Å². The van der Waals surface area contributed by atoms with Gasteiger partial charge in [0.05, 0.1) is 6.10 Å². The highest BCUT2D eigenvalue weighted by molar-refractivity contribution is 5.86. The number of carbonyl (C=O) groups is 2. The van der Waals surface area contributed by atoms with Gasteiger partial charge in [-0.3, -0.25) is 9.59 Å². The monoisotopic (exact) mass is 160 g/mol. The van der Waals surface area contributed by atoms with Crippen LogP contribution >= 0.6 is 0 Å². The van der Waals surface area contributed by atoms with Gasteiger partial charge in [0.25, 0.3) is 0 Å². The van der Waals surface area contributed by atoms with Gasteiger partial charge in [-0.2, -0.15) is 0 Å². The number of hydrogen-bond acceptors (Lipinski definition) is 3. The Labute approximate surface area is 64.6 Å². The lowest BCUT2D eigenvalue weighted by Gasteiger charge is -2.16. The van der Waals surface area contributed by atoms with E-state index in [4.69, 9.17) is 10.8 Å². The fraction of sp³-hybridized carbons (Fsp3) is 0.667. The maximum atomic E-state index is 10.5. The molecular weight excluding hydrogens is 148 g/mol. The number of aliphatic hydroxyl groups is 1. The number of aliphatic hydroxyl groups excluding tert-OH is 1. The molecule has 4 N–H and O–H groups in total. The molecule has 0 saturated carbocycles. The number of amides is 2. The number of hydrogen-bond donors (Lipinski definition) is 3. The molecule has 0 heterocycles. The van der Waals surface area contributed by atoms with E-state index in [1.807, 2.05) is 0 Å². The van der Waals surface area contributed by atoms with Crippen molar-refractivity contribution < 1.29 is 14.7 Å². The highest BCUT2D eigenvalue weighted by atomic mass is 16.3. The van der Waals surface area contributed by atoms with Crippen molar-refractivity contribution in [3.05, 3.63) is 0 Å². The molecule has 11 heavy (non-hydrogen) atoms. The highest BCUT2D eigenvalue weighted by Gasteiger charge is 2.21. The summed E-state index contributed by atoms with van der Waals surface area (Å²) in [6.45, 7) is 2.63. The first kappa shape index (κ1) is 9.90. The lowest BCUT2D eigenvalue weighted by molar-refractivity contribution is -0.128. The van der Waals surface area contributed by atoms with Gasteiger partial charge >= 0.3 is 0 Å². The van der Waals surface area contributed by atoms with Crippen molar-refractivity contribution in [3.8, 4) is 0 Å². The Bertz CT molecular complexity index is 167. The average Bonchev–Trinajstić information content (AvgIpc) is 1.81. The molecule has 0 radical (unpaired) electrons. The Morgan fingerprint density at radius 3 is 2.09 bits per heavy atom. The van der Waals surface area contributed by atoms with Crippen LogP contribution in [0, 0.1) is 0 Å². The first-order valence-corrected chi connectivity index (χ1v) is 3.19. The summed E-state index contributed by atoms with van der Waals surface area (Å²) in [6, 6.07) is -0.993. The van der Waals surface area contributed by atoms with Gasteiger partial charge in [0.2, 0.25) is 11.8 Å². The molecule has 5 heteroatoms. The molecular formula is C6H12N2O3. The summed E-state index contributed by atoms with van der Waals surface area (Å²) in [6.07, 6.45) is -0.962. The smallest absolute Gasteiger partial charge is 0.242 e. The minimum Gasteiger partial charge on any atom is -0.391 e. The minimum absolute atomic E-state index is 0.394. The number of carbonyl (C=O) groups excluding carboxylic acids is 2. The molecule has 0 aromatic heterocycles. The molecule has 0 aliphatic rings. The van der Waals surface area contributed by atoms with Crippen LogP contribution in [0.2, 0.25) is 0 Å². The Kier molecular flexibility index (Phi) is 3.53. The van der Waals surface area contributed by atoms with E-state index in [9.17, 15) is 9.59 Å². The van der Waals surface area contributed by atoms with Gasteiger partial charge in [0, 0.05) is 6.92 Å². The fourth-order valence-corrected chi connectivity index (χ4v) is 0.648. The van der Waals surface area contributed by atoms with Gasteiger partial charge in [0.15, 0.2) is 0 Å². The highest BCUT2D eigenvalue weighted by Crippen LogP contribution is 1.90. The van der Waals surface area contributed by atoms with Gasteiger partial charge in [-0.25, -0.2) is 0 Å². The SMILES string of the molecule is CC(=O)NC(C(N)=O)C(C)O. The molecule has 0 aliphatic carbocycles. The standard InChI is InChI=1S/C6H12N2O3/c1-3(9)5(6(7)11)8-4(2)10/h3,5,9H,1-2H3,(H2,7,11)(H,8,10). The molecule has 0 rings (SSSR count). The van der Waals surface area contributed by atoms with Crippen LogP contribution in [-0.4, -0.2) is 29.1 Å². The molecule has 0 fully saturated rings. The van der Waals surface area contributed by atoms with E-state index in [0.29, 0.717) is 0 Å². The lowest BCUT2D eigenvalue weighted by Crippen LogP contribution is -2.50. The second-order valence-electron chi connectivity index (χ2n) is 2.32. The summed E-state index contributed by atoms with van der Waals surface area (Å²) in [5.74, 6) is -1.13. The zero-order valence-electron chi connectivity index (χ0n) is 6.50. The van der Waals surface area contributed by atoms with Crippen molar-refractivity contribution in [3.63, 3.8) is 0 Å². The predicted molar refractivity (Wildman–Crippen MR) is 38.5 cm³/mol. The number of rotatable bonds is 3. The van der Waals surface area contributed by atoms with Crippen molar-refractivity contribution in [2.75, 3.05) is 0 Å². The Hall–Kier alpha value is -1.10. The summed E-state index contributed by atoms with van der Waals surface area (Å²) in [4.78, 5) is 21.0. The molecule has 2 amide bonds. The first-order valence-electron chi connectivity index (χ1n) is 3.19. The lowest BCUT2D eigenvalue weighted by atomic mass is 10.2. The normalized spacial score (nSPS) is 15.2. The van der Waals surface area contributed by atoms with Crippen molar-refractivity contribution in [2.24, 2.45) is 5.73 Å². The molecule has 0 saturated heterocycles. The third-order valence-corrected chi connectivity index (χ3v) is 1.15. The quantitative estimate of drug-likeness (QED) is 0.462. The van der Waals surface area contributed by atoms with Gasteiger partial charge in [-0.05, 0) is 6.92 Å². The largest absolute Gasteiger partial charge is 0.391 e. The summed E-state index contributed by atoms with van der Waals surface area (Å²) < 4.78 is 0. The van der Waals surface area contributed by atoms with E-state index in [1.54, 1.807) is 0 Å². The molecule has 5 nitrogen and oxygen atoms in total. The summed E-state index contributed by atoms with van der Waals surface area (Å²) >= 11 is 0. The summed E-state index contributed by atoms with van der Waals surface area (Å²) in [5, 5.41) is 11.1. The third-order valence-electron chi connectivity index (χ3n) is 1.15. The summed E-state index contributed by atoms with van der Waals surface area (Å²) in [5.41, 5.74) is 4.87. The Balaban J connectivity index is 4.12. The van der Waals surface area contributed by atoms with Crippen LogP contribution in [0.25, 0.3) is 0 Å². The van der Waals surface area contributed by atoms with Crippen LogP contribution in [-0.2, 0) is 9.59 Å². The van der Waals surface area contributed by atoms with E-state index in [2.05, 4.69) is 5.32 Å². The average molecular weight is 160 g/mol. The predicted octanol–water partition coefficient (Wildman–Crippen LogP) is -1.64.